The summed E-state index contributed by atoms with van der Waals surface area (Å²) in [5, 5.41) is 23.0. The van der Waals surface area contributed by atoms with E-state index in [2.05, 4.69) is 5.32 Å². The second-order valence-corrected chi connectivity index (χ2v) is 4.65. The molecule has 0 saturated heterocycles. The van der Waals surface area contributed by atoms with E-state index >= 15 is 0 Å². The molecule has 2 aromatic carbocycles. The minimum absolute atomic E-state index is 0.0405. The lowest BCUT2D eigenvalue weighted by molar-refractivity contribution is -0.384. The first-order chi connectivity index (χ1) is 10.0. The first-order valence-corrected chi connectivity index (χ1v) is 6.21. The maximum atomic E-state index is 13.8. The van der Waals surface area contributed by atoms with Crippen LogP contribution in [0.4, 0.5) is 15.8 Å². The Kier molecular flexibility index (Phi) is 3.09. The van der Waals surface area contributed by atoms with Gasteiger partial charge in [-0.15, -0.1) is 0 Å². The van der Waals surface area contributed by atoms with Gasteiger partial charge in [0.15, 0.2) is 0 Å². The standard InChI is InChI=1S/C14H11FN2O4/c15-11-4-1-8(17(19)20)5-12(11)16-13-7-21-14-6-9(18)2-3-10(13)14/h1-6,13,16,18H,7H2. The number of hydrogen-bond donors (Lipinski definition) is 2. The Morgan fingerprint density at radius 2 is 2.14 bits per heavy atom. The van der Waals surface area contributed by atoms with Gasteiger partial charge in [0.05, 0.1) is 16.7 Å². The van der Waals surface area contributed by atoms with E-state index < -0.39 is 10.7 Å². The van der Waals surface area contributed by atoms with Gasteiger partial charge in [-0.25, -0.2) is 4.39 Å². The number of phenols is 1. The fraction of sp³-hybridized carbons (Fsp3) is 0.143. The SMILES string of the molecule is O=[N+]([O-])c1ccc(F)c(NC2COc3cc(O)ccc32)c1. The zero-order valence-electron chi connectivity index (χ0n) is 10.7. The number of anilines is 1. The Morgan fingerprint density at radius 3 is 2.90 bits per heavy atom. The van der Waals surface area contributed by atoms with Crippen molar-refractivity contribution in [2.75, 3.05) is 11.9 Å². The topological polar surface area (TPSA) is 84.6 Å². The number of aromatic hydroxyl groups is 1. The lowest BCUT2D eigenvalue weighted by Gasteiger charge is -2.13. The van der Waals surface area contributed by atoms with Crippen LogP contribution in [0.1, 0.15) is 11.6 Å². The van der Waals surface area contributed by atoms with Crippen LogP contribution in [-0.2, 0) is 0 Å². The molecule has 2 N–H and O–H groups in total. The molecule has 0 aromatic heterocycles. The maximum Gasteiger partial charge on any atom is 0.271 e. The summed E-state index contributed by atoms with van der Waals surface area (Å²) in [7, 11) is 0. The van der Waals surface area contributed by atoms with Gasteiger partial charge in [-0.05, 0) is 18.2 Å². The van der Waals surface area contributed by atoms with Crippen molar-refractivity contribution in [3.05, 3.63) is 57.9 Å². The molecule has 0 radical (unpaired) electrons. The average molecular weight is 290 g/mol. The predicted molar refractivity (Wildman–Crippen MR) is 73.0 cm³/mol. The molecule has 0 bridgehead atoms. The molecule has 3 rings (SSSR count). The van der Waals surface area contributed by atoms with Crippen molar-refractivity contribution in [3.8, 4) is 11.5 Å². The molecule has 7 heteroatoms. The van der Waals surface area contributed by atoms with E-state index in [4.69, 9.17) is 4.74 Å². The minimum Gasteiger partial charge on any atom is -0.508 e. The summed E-state index contributed by atoms with van der Waals surface area (Å²) < 4.78 is 19.2. The van der Waals surface area contributed by atoms with Crippen molar-refractivity contribution in [1.29, 1.82) is 0 Å². The summed E-state index contributed by atoms with van der Waals surface area (Å²) >= 11 is 0. The number of halogens is 1. The molecule has 2 aromatic rings. The highest BCUT2D eigenvalue weighted by atomic mass is 19.1. The molecule has 0 aliphatic carbocycles. The molecule has 1 unspecified atom stereocenters. The molecular weight excluding hydrogens is 279 g/mol. The van der Waals surface area contributed by atoms with Gasteiger partial charge in [0.1, 0.15) is 23.9 Å². The van der Waals surface area contributed by atoms with Crippen molar-refractivity contribution < 1.29 is 19.2 Å². The molecule has 1 aliphatic rings. The maximum absolute atomic E-state index is 13.8. The van der Waals surface area contributed by atoms with Crippen LogP contribution < -0.4 is 10.1 Å². The number of non-ortho nitro benzene ring substituents is 1. The lowest BCUT2D eigenvalue weighted by atomic mass is 10.1. The van der Waals surface area contributed by atoms with Crippen molar-refractivity contribution in [1.82, 2.24) is 0 Å². The number of rotatable bonds is 3. The number of nitrogens with one attached hydrogen (secondary N) is 1. The predicted octanol–water partition coefficient (Wildman–Crippen LogP) is 2.99. The molecule has 6 nitrogen and oxygen atoms in total. The van der Waals surface area contributed by atoms with E-state index in [1.54, 1.807) is 6.07 Å². The third-order valence-corrected chi connectivity index (χ3v) is 3.27. The molecular formula is C14H11FN2O4. The van der Waals surface area contributed by atoms with Gasteiger partial charge in [-0.1, -0.05) is 0 Å². The van der Waals surface area contributed by atoms with E-state index in [9.17, 15) is 19.6 Å². The molecule has 21 heavy (non-hydrogen) atoms. The van der Waals surface area contributed by atoms with Crippen molar-refractivity contribution in [3.63, 3.8) is 0 Å². The molecule has 1 heterocycles. The minimum atomic E-state index is -0.582. The third-order valence-electron chi connectivity index (χ3n) is 3.27. The zero-order valence-corrected chi connectivity index (χ0v) is 10.7. The Balaban J connectivity index is 1.89. The quantitative estimate of drug-likeness (QED) is 0.670. The summed E-state index contributed by atoms with van der Waals surface area (Å²) in [5.41, 5.74) is 0.612. The first-order valence-electron chi connectivity index (χ1n) is 6.21. The van der Waals surface area contributed by atoms with Gasteiger partial charge in [0.2, 0.25) is 0 Å². The number of ether oxygens (including phenoxy) is 1. The van der Waals surface area contributed by atoms with Gasteiger partial charge in [-0.3, -0.25) is 10.1 Å². The van der Waals surface area contributed by atoms with Crippen molar-refractivity contribution in [2.45, 2.75) is 6.04 Å². The van der Waals surface area contributed by atoms with E-state index in [0.717, 1.165) is 23.8 Å². The van der Waals surface area contributed by atoms with Crippen LogP contribution in [0.2, 0.25) is 0 Å². The van der Waals surface area contributed by atoms with Crippen molar-refractivity contribution in [2.24, 2.45) is 0 Å². The summed E-state index contributed by atoms with van der Waals surface area (Å²) in [6, 6.07) is 7.62. The second-order valence-electron chi connectivity index (χ2n) is 4.65. The fourth-order valence-electron chi connectivity index (χ4n) is 2.24. The smallest absolute Gasteiger partial charge is 0.271 e. The van der Waals surface area contributed by atoms with Gasteiger partial charge >= 0.3 is 0 Å². The summed E-state index contributed by atoms with van der Waals surface area (Å²) in [4.78, 5) is 10.2. The van der Waals surface area contributed by atoms with Gasteiger partial charge in [0, 0.05) is 23.8 Å². The molecule has 0 fully saturated rings. The molecule has 108 valence electrons. The number of phenolic OH excluding ortho intramolecular Hbond substituents is 1. The highest BCUT2D eigenvalue weighted by Gasteiger charge is 2.25. The Labute approximate surface area is 118 Å². The van der Waals surface area contributed by atoms with Crippen LogP contribution in [0.15, 0.2) is 36.4 Å². The Morgan fingerprint density at radius 1 is 1.33 bits per heavy atom. The van der Waals surface area contributed by atoms with E-state index in [0.29, 0.717) is 5.75 Å². The van der Waals surface area contributed by atoms with Crippen LogP contribution in [0.3, 0.4) is 0 Å². The number of hydrogen-bond acceptors (Lipinski definition) is 5. The van der Waals surface area contributed by atoms with Gasteiger partial charge < -0.3 is 15.2 Å². The van der Waals surface area contributed by atoms with Crippen LogP contribution in [0.25, 0.3) is 0 Å². The average Bonchev–Trinajstić information content (AvgIpc) is 2.83. The largest absolute Gasteiger partial charge is 0.508 e. The normalized spacial score (nSPS) is 16.1. The molecule has 0 spiro atoms. The van der Waals surface area contributed by atoms with Crippen LogP contribution in [0.5, 0.6) is 11.5 Å². The second kappa shape index (κ2) is 4.93. The van der Waals surface area contributed by atoms with Crippen LogP contribution >= 0.6 is 0 Å². The zero-order chi connectivity index (χ0) is 15.0. The first kappa shape index (κ1) is 13.2. The van der Waals surface area contributed by atoms with E-state index in [-0.39, 0.29) is 29.8 Å². The highest BCUT2D eigenvalue weighted by molar-refractivity contribution is 5.56. The summed E-state index contributed by atoms with van der Waals surface area (Å²) in [6.45, 7) is 0.251. The summed E-state index contributed by atoms with van der Waals surface area (Å²) in [5.74, 6) is 0.0158. The van der Waals surface area contributed by atoms with E-state index in [1.165, 1.54) is 12.1 Å². The van der Waals surface area contributed by atoms with E-state index in [1.807, 2.05) is 0 Å². The number of benzene rings is 2. The van der Waals surface area contributed by atoms with Crippen LogP contribution in [-0.4, -0.2) is 16.6 Å². The highest BCUT2D eigenvalue weighted by Crippen LogP contribution is 2.37. The third kappa shape index (κ3) is 2.45. The number of nitro groups is 1. The van der Waals surface area contributed by atoms with Gasteiger partial charge in [0.25, 0.3) is 5.69 Å². The van der Waals surface area contributed by atoms with Gasteiger partial charge in [-0.2, -0.15) is 0 Å². The Hall–Kier alpha value is -2.83. The lowest BCUT2D eigenvalue weighted by Crippen LogP contribution is -2.13. The number of nitrogens with zero attached hydrogens (tertiary/aromatic N) is 1. The molecule has 1 aliphatic heterocycles. The van der Waals surface area contributed by atoms with Crippen molar-refractivity contribution >= 4 is 11.4 Å². The van der Waals surface area contributed by atoms with Crippen LogP contribution in [0, 0.1) is 15.9 Å². The summed E-state index contributed by atoms with van der Waals surface area (Å²) in [6.07, 6.45) is 0. The Bertz CT molecular complexity index is 720. The number of nitro benzene ring substituents is 1. The molecule has 1 atom stereocenters. The fourth-order valence-corrected chi connectivity index (χ4v) is 2.24. The number of fused-ring (bicyclic) bond motifs is 1. The molecule has 0 amide bonds. The molecule has 0 saturated carbocycles. The monoisotopic (exact) mass is 290 g/mol.